The van der Waals surface area contributed by atoms with Gasteiger partial charge < -0.3 is 9.84 Å². The van der Waals surface area contributed by atoms with Gasteiger partial charge >= 0.3 is 5.97 Å². The second kappa shape index (κ2) is 12.0. The first-order valence-corrected chi connectivity index (χ1v) is 8.99. The van der Waals surface area contributed by atoms with Gasteiger partial charge in [-0.25, -0.2) is 0 Å². The van der Waals surface area contributed by atoms with Crippen molar-refractivity contribution in [3.05, 3.63) is 0 Å². The molecule has 1 unspecified atom stereocenters. The van der Waals surface area contributed by atoms with Crippen LogP contribution in [-0.4, -0.2) is 24.3 Å². The number of hydrogen-bond acceptors (Lipinski definition) is 3. The van der Waals surface area contributed by atoms with E-state index in [4.69, 9.17) is 0 Å². The Kier molecular flexibility index (Phi) is 10.6. The fraction of sp³-hybridized carbons (Fsp3) is 0.944. The molecule has 124 valence electrons. The van der Waals surface area contributed by atoms with Crippen molar-refractivity contribution < 1.29 is 14.6 Å². The summed E-state index contributed by atoms with van der Waals surface area (Å²) in [5.74, 6) is 0.561. The van der Waals surface area contributed by atoms with Gasteiger partial charge in [0, 0.05) is 6.42 Å². The van der Waals surface area contributed by atoms with Gasteiger partial charge in [-0.15, -0.1) is 0 Å². The molecule has 1 atom stereocenters. The molecule has 0 amide bonds. The molecule has 3 nitrogen and oxygen atoms in total. The fourth-order valence-corrected chi connectivity index (χ4v) is 2.86. The van der Waals surface area contributed by atoms with Crippen molar-refractivity contribution in [2.45, 2.75) is 96.0 Å². The third-order valence-corrected chi connectivity index (χ3v) is 4.52. The summed E-state index contributed by atoms with van der Waals surface area (Å²) in [6, 6.07) is 0. The van der Waals surface area contributed by atoms with Gasteiger partial charge in [0.15, 0.2) is 0 Å². The first-order chi connectivity index (χ1) is 10.2. The van der Waals surface area contributed by atoms with Gasteiger partial charge in [-0.05, 0) is 31.6 Å². The molecule has 1 saturated carbocycles. The molecule has 0 radical (unpaired) electrons. The van der Waals surface area contributed by atoms with E-state index in [1.165, 1.54) is 71.3 Å². The topological polar surface area (TPSA) is 46.5 Å². The summed E-state index contributed by atoms with van der Waals surface area (Å²) < 4.78 is 4.62. The highest BCUT2D eigenvalue weighted by Gasteiger charge is 2.28. The van der Waals surface area contributed by atoms with Crippen LogP contribution in [0.15, 0.2) is 0 Å². The van der Waals surface area contributed by atoms with Crippen LogP contribution in [0.25, 0.3) is 0 Å². The lowest BCUT2D eigenvalue weighted by molar-refractivity contribution is -0.140. The molecule has 1 fully saturated rings. The Morgan fingerprint density at radius 1 is 0.952 bits per heavy atom. The molecular formula is C18H34O3. The largest absolute Gasteiger partial charge is 0.469 e. The Hall–Kier alpha value is -0.570. The third-order valence-electron chi connectivity index (χ3n) is 4.52. The summed E-state index contributed by atoms with van der Waals surface area (Å²) in [6.45, 7) is 0. The van der Waals surface area contributed by atoms with E-state index in [2.05, 4.69) is 4.74 Å². The molecule has 0 aromatic carbocycles. The zero-order chi connectivity index (χ0) is 15.3. The van der Waals surface area contributed by atoms with E-state index < -0.39 is 0 Å². The lowest BCUT2D eigenvalue weighted by Gasteiger charge is -2.08. The van der Waals surface area contributed by atoms with Crippen LogP contribution in [0, 0.1) is 5.92 Å². The molecule has 0 spiro atoms. The summed E-state index contributed by atoms with van der Waals surface area (Å²) in [5.41, 5.74) is 0. The van der Waals surface area contributed by atoms with Crippen LogP contribution in [0.4, 0.5) is 0 Å². The van der Waals surface area contributed by atoms with Crippen LogP contribution in [0.1, 0.15) is 89.9 Å². The quantitative estimate of drug-likeness (QED) is 0.376. The van der Waals surface area contributed by atoms with Crippen molar-refractivity contribution in [3.63, 3.8) is 0 Å². The molecule has 0 heterocycles. The van der Waals surface area contributed by atoms with Gasteiger partial charge in [0.05, 0.1) is 13.2 Å². The van der Waals surface area contributed by atoms with E-state index in [0.29, 0.717) is 12.3 Å². The molecule has 21 heavy (non-hydrogen) atoms. The van der Waals surface area contributed by atoms with Crippen molar-refractivity contribution >= 4 is 5.97 Å². The lowest BCUT2D eigenvalue weighted by atomic mass is 10.0. The number of methoxy groups -OCH3 is 1. The Bertz CT molecular complexity index is 261. The average molecular weight is 298 g/mol. The van der Waals surface area contributed by atoms with Crippen LogP contribution < -0.4 is 0 Å². The highest BCUT2D eigenvalue weighted by molar-refractivity contribution is 5.68. The lowest BCUT2D eigenvalue weighted by Crippen LogP contribution is -2.08. The number of carbonyl (C=O) groups excluding carboxylic acids is 1. The molecule has 1 aliphatic carbocycles. The van der Waals surface area contributed by atoms with E-state index in [-0.39, 0.29) is 12.1 Å². The second-order valence-electron chi connectivity index (χ2n) is 6.56. The van der Waals surface area contributed by atoms with E-state index in [9.17, 15) is 9.90 Å². The number of hydrogen-bond donors (Lipinski definition) is 1. The summed E-state index contributed by atoms with van der Waals surface area (Å²) in [5, 5.41) is 9.75. The minimum atomic E-state index is -0.0817. The molecule has 0 aromatic rings. The van der Waals surface area contributed by atoms with Gasteiger partial charge in [0.25, 0.3) is 0 Å². The minimum absolute atomic E-state index is 0.00464. The van der Waals surface area contributed by atoms with Crippen LogP contribution in [0.5, 0.6) is 0 Å². The summed E-state index contributed by atoms with van der Waals surface area (Å²) in [4.78, 5) is 10.9. The maximum Gasteiger partial charge on any atom is 0.305 e. The van der Waals surface area contributed by atoms with Crippen molar-refractivity contribution in [2.75, 3.05) is 7.11 Å². The maximum atomic E-state index is 10.9. The summed E-state index contributed by atoms with van der Waals surface area (Å²) in [7, 11) is 1.45. The smallest absolute Gasteiger partial charge is 0.305 e. The van der Waals surface area contributed by atoms with Crippen LogP contribution in [-0.2, 0) is 9.53 Å². The molecule has 0 bridgehead atoms. The SMILES string of the molecule is COC(=O)CCCCCCCCCCCCC(O)C1CC1. The maximum absolute atomic E-state index is 10.9. The van der Waals surface area contributed by atoms with E-state index in [0.717, 1.165) is 19.3 Å². The highest BCUT2D eigenvalue weighted by atomic mass is 16.5. The number of aliphatic hydroxyl groups excluding tert-OH is 1. The Morgan fingerprint density at radius 2 is 1.43 bits per heavy atom. The fourth-order valence-electron chi connectivity index (χ4n) is 2.86. The molecule has 0 aromatic heterocycles. The number of esters is 1. The van der Waals surface area contributed by atoms with E-state index in [1.807, 2.05) is 0 Å². The molecule has 1 rings (SSSR count). The van der Waals surface area contributed by atoms with Crippen LogP contribution in [0.2, 0.25) is 0 Å². The monoisotopic (exact) mass is 298 g/mol. The molecule has 0 aliphatic heterocycles. The number of carbonyl (C=O) groups is 1. The molecule has 0 saturated heterocycles. The standard InChI is InChI=1S/C18H34O3/c1-21-18(20)13-11-9-7-5-3-2-4-6-8-10-12-17(19)16-14-15-16/h16-17,19H,2-15H2,1H3. The normalized spacial score (nSPS) is 15.9. The predicted molar refractivity (Wildman–Crippen MR) is 86.2 cm³/mol. The van der Waals surface area contributed by atoms with Gasteiger partial charge in [-0.2, -0.15) is 0 Å². The van der Waals surface area contributed by atoms with Crippen molar-refractivity contribution in [1.82, 2.24) is 0 Å². The second-order valence-corrected chi connectivity index (χ2v) is 6.56. The molecule has 1 N–H and O–H groups in total. The van der Waals surface area contributed by atoms with E-state index >= 15 is 0 Å². The Balaban J connectivity index is 1.69. The Labute approximate surface area is 130 Å². The number of ether oxygens (including phenoxy) is 1. The first kappa shape index (κ1) is 18.5. The highest BCUT2D eigenvalue weighted by Crippen LogP contribution is 2.34. The van der Waals surface area contributed by atoms with Gasteiger partial charge in [-0.3, -0.25) is 4.79 Å². The Morgan fingerprint density at radius 3 is 1.90 bits per heavy atom. The zero-order valence-electron chi connectivity index (χ0n) is 13.8. The average Bonchev–Trinajstić information content (AvgIpc) is 3.32. The van der Waals surface area contributed by atoms with Crippen molar-refractivity contribution in [1.29, 1.82) is 0 Å². The summed E-state index contributed by atoms with van der Waals surface area (Å²) in [6.07, 6.45) is 16.5. The summed E-state index contributed by atoms with van der Waals surface area (Å²) >= 11 is 0. The van der Waals surface area contributed by atoms with Gasteiger partial charge in [0.2, 0.25) is 0 Å². The van der Waals surface area contributed by atoms with Crippen LogP contribution in [0.3, 0.4) is 0 Å². The number of aliphatic hydroxyl groups is 1. The van der Waals surface area contributed by atoms with Gasteiger partial charge in [-0.1, -0.05) is 57.8 Å². The van der Waals surface area contributed by atoms with Gasteiger partial charge in [0.1, 0.15) is 0 Å². The van der Waals surface area contributed by atoms with Crippen molar-refractivity contribution in [3.8, 4) is 0 Å². The first-order valence-electron chi connectivity index (χ1n) is 8.99. The molecular weight excluding hydrogens is 264 g/mol. The third kappa shape index (κ3) is 10.8. The van der Waals surface area contributed by atoms with Crippen LogP contribution >= 0.6 is 0 Å². The van der Waals surface area contributed by atoms with E-state index in [1.54, 1.807) is 0 Å². The molecule has 3 heteroatoms. The number of rotatable bonds is 14. The molecule has 1 aliphatic rings. The predicted octanol–water partition coefficient (Wildman–Crippen LogP) is 4.61. The minimum Gasteiger partial charge on any atom is -0.469 e. The van der Waals surface area contributed by atoms with Crippen molar-refractivity contribution in [2.24, 2.45) is 5.92 Å². The zero-order valence-corrected chi connectivity index (χ0v) is 13.8. The number of unbranched alkanes of at least 4 members (excludes halogenated alkanes) is 9.